The van der Waals surface area contributed by atoms with Crippen molar-refractivity contribution < 1.29 is 4.79 Å². The zero-order valence-corrected chi connectivity index (χ0v) is 9.86. The van der Waals surface area contributed by atoms with Gasteiger partial charge in [0.05, 0.1) is 0 Å². The number of nitrogens with zero attached hydrogens (tertiary/aromatic N) is 1. The predicted octanol–water partition coefficient (Wildman–Crippen LogP) is 2.79. The number of carbonyl (C=O) groups excluding carboxylic acids is 1. The molecule has 0 unspecified atom stereocenters. The lowest BCUT2D eigenvalue weighted by Crippen LogP contribution is -2.11. The van der Waals surface area contributed by atoms with E-state index in [0.717, 1.165) is 36.2 Å². The molecule has 84 valence electrons. The fourth-order valence-electron chi connectivity index (χ4n) is 2.05. The molecule has 2 rings (SSSR count). The van der Waals surface area contributed by atoms with Crippen molar-refractivity contribution in [1.82, 2.24) is 4.90 Å². The summed E-state index contributed by atoms with van der Waals surface area (Å²) in [4.78, 5) is 14.2. The fraction of sp³-hybridized carbons (Fsp3) is 0.357. The van der Waals surface area contributed by atoms with Crippen molar-refractivity contribution in [3.05, 3.63) is 47.2 Å². The first-order valence-corrected chi connectivity index (χ1v) is 5.69. The molecule has 0 aliphatic carbocycles. The Morgan fingerprint density at radius 1 is 1.44 bits per heavy atom. The maximum Gasteiger partial charge on any atom is 0.187 e. The SMILES string of the molecule is Cc1cccc(C(=O)/C=C2\CCCN2C)c1. The van der Waals surface area contributed by atoms with Crippen LogP contribution in [-0.4, -0.2) is 24.3 Å². The molecule has 0 spiro atoms. The second-order valence-electron chi connectivity index (χ2n) is 4.39. The molecule has 1 aliphatic rings. The Morgan fingerprint density at radius 2 is 2.25 bits per heavy atom. The number of allylic oxidation sites excluding steroid dienone is 2. The average Bonchev–Trinajstić information content (AvgIpc) is 2.64. The summed E-state index contributed by atoms with van der Waals surface area (Å²) in [7, 11) is 2.04. The zero-order chi connectivity index (χ0) is 11.5. The van der Waals surface area contributed by atoms with Gasteiger partial charge < -0.3 is 4.90 Å². The lowest BCUT2D eigenvalue weighted by Gasteiger charge is -2.11. The first-order chi connectivity index (χ1) is 7.66. The number of ketones is 1. The van der Waals surface area contributed by atoms with E-state index in [0.29, 0.717) is 0 Å². The molecule has 2 heteroatoms. The van der Waals surface area contributed by atoms with Crippen LogP contribution < -0.4 is 0 Å². The van der Waals surface area contributed by atoms with E-state index in [4.69, 9.17) is 0 Å². The zero-order valence-electron chi connectivity index (χ0n) is 9.86. The second-order valence-corrected chi connectivity index (χ2v) is 4.39. The molecular weight excluding hydrogens is 198 g/mol. The number of carbonyl (C=O) groups is 1. The summed E-state index contributed by atoms with van der Waals surface area (Å²) in [6.45, 7) is 3.07. The smallest absolute Gasteiger partial charge is 0.187 e. The molecule has 16 heavy (non-hydrogen) atoms. The molecule has 0 radical (unpaired) electrons. The minimum atomic E-state index is 0.118. The maximum absolute atomic E-state index is 12.0. The highest BCUT2D eigenvalue weighted by atomic mass is 16.1. The summed E-state index contributed by atoms with van der Waals surface area (Å²) in [5, 5.41) is 0. The van der Waals surface area contributed by atoms with Gasteiger partial charge in [0.25, 0.3) is 0 Å². The summed E-state index contributed by atoms with van der Waals surface area (Å²) in [5.41, 5.74) is 3.07. The van der Waals surface area contributed by atoms with Gasteiger partial charge in [-0.2, -0.15) is 0 Å². The third-order valence-corrected chi connectivity index (χ3v) is 3.02. The van der Waals surface area contributed by atoms with E-state index in [9.17, 15) is 4.79 Å². The van der Waals surface area contributed by atoms with Crippen LogP contribution in [0.3, 0.4) is 0 Å². The number of rotatable bonds is 2. The van der Waals surface area contributed by atoms with Crippen molar-refractivity contribution in [3.63, 3.8) is 0 Å². The lowest BCUT2D eigenvalue weighted by molar-refractivity contribution is 0.104. The normalized spacial score (nSPS) is 18.1. The van der Waals surface area contributed by atoms with Crippen LogP contribution in [0.2, 0.25) is 0 Å². The van der Waals surface area contributed by atoms with E-state index in [1.807, 2.05) is 38.2 Å². The van der Waals surface area contributed by atoms with Crippen LogP contribution in [0.4, 0.5) is 0 Å². The van der Waals surface area contributed by atoms with Gasteiger partial charge in [-0.1, -0.05) is 23.8 Å². The van der Waals surface area contributed by atoms with Gasteiger partial charge in [-0.05, 0) is 25.8 Å². The first kappa shape index (κ1) is 10.9. The molecule has 1 aromatic rings. The molecule has 0 saturated carbocycles. The summed E-state index contributed by atoms with van der Waals surface area (Å²) in [6, 6.07) is 7.75. The van der Waals surface area contributed by atoms with Crippen LogP contribution in [-0.2, 0) is 0 Å². The van der Waals surface area contributed by atoms with Crippen LogP contribution in [0.15, 0.2) is 36.0 Å². The standard InChI is InChI=1S/C14H17NO/c1-11-5-3-6-12(9-11)14(16)10-13-7-4-8-15(13)2/h3,5-6,9-10H,4,7-8H2,1-2H3/b13-10+. The number of hydrogen-bond donors (Lipinski definition) is 0. The van der Waals surface area contributed by atoms with Crippen molar-refractivity contribution in [1.29, 1.82) is 0 Å². The van der Waals surface area contributed by atoms with E-state index in [2.05, 4.69) is 4.90 Å². The Morgan fingerprint density at radius 3 is 2.88 bits per heavy atom. The van der Waals surface area contributed by atoms with E-state index in [-0.39, 0.29) is 5.78 Å². The van der Waals surface area contributed by atoms with Gasteiger partial charge in [0.1, 0.15) is 0 Å². The number of likely N-dealkylation sites (tertiary alicyclic amines) is 1. The monoisotopic (exact) mass is 215 g/mol. The van der Waals surface area contributed by atoms with Gasteiger partial charge >= 0.3 is 0 Å². The van der Waals surface area contributed by atoms with Crippen molar-refractivity contribution in [3.8, 4) is 0 Å². The Labute approximate surface area is 96.6 Å². The largest absolute Gasteiger partial charge is 0.378 e. The van der Waals surface area contributed by atoms with E-state index >= 15 is 0 Å². The molecule has 0 bridgehead atoms. The van der Waals surface area contributed by atoms with E-state index in [1.54, 1.807) is 6.08 Å². The average molecular weight is 215 g/mol. The third-order valence-electron chi connectivity index (χ3n) is 3.02. The summed E-state index contributed by atoms with van der Waals surface area (Å²) >= 11 is 0. The first-order valence-electron chi connectivity index (χ1n) is 5.69. The summed E-state index contributed by atoms with van der Waals surface area (Å²) in [5.74, 6) is 0.118. The van der Waals surface area contributed by atoms with Crippen LogP contribution in [0, 0.1) is 6.92 Å². The van der Waals surface area contributed by atoms with Crippen LogP contribution in [0.25, 0.3) is 0 Å². The second kappa shape index (κ2) is 4.52. The number of benzene rings is 1. The molecule has 0 N–H and O–H groups in total. The highest BCUT2D eigenvalue weighted by molar-refractivity contribution is 6.05. The maximum atomic E-state index is 12.0. The molecular formula is C14H17NO. The highest BCUT2D eigenvalue weighted by Crippen LogP contribution is 2.19. The number of hydrogen-bond acceptors (Lipinski definition) is 2. The van der Waals surface area contributed by atoms with Crippen molar-refractivity contribution in [2.75, 3.05) is 13.6 Å². The van der Waals surface area contributed by atoms with Crippen LogP contribution in [0.1, 0.15) is 28.8 Å². The van der Waals surface area contributed by atoms with Crippen molar-refractivity contribution >= 4 is 5.78 Å². The van der Waals surface area contributed by atoms with Crippen molar-refractivity contribution in [2.45, 2.75) is 19.8 Å². The Bertz CT molecular complexity index is 434. The Hall–Kier alpha value is -1.57. The molecule has 2 nitrogen and oxygen atoms in total. The minimum absolute atomic E-state index is 0.118. The minimum Gasteiger partial charge on any atom is -0.378 e. The predicted molar refractivity (Wildman–Crippen MR) is 65.5 cm³/mol. The van der Waals surface area contributed by atoms with Crippen LogP contribution in [0.5, 0.6) is 0 Å². The molecule has 1 aliphatic heterocycles. The van der Waals surface area contributed by atoms with Crippen LogP contribution >= 0.6 is 0 Å². The number of aryl methyl sites for hydroxylation is 1. The molecule has 1 heterocycles. The third kappa shape index (κ3) is 2.32. The molecule has 0 aromatic heterocycles. The Balaban J connectivity index is 2.20. The van der Waals surface area contributed by atoms with Crippen molar-refractivity contribution in [2.24, 2.45) is 0 Å². The summed E-state index contributed by atoms with van der Waals surface area (Å²) in [6.07, 6.45) is 3.96. The molecule has 0 atom stereocenters. The summed E-state index contributed by atoms with van der Waals surface area (Å²) < 4.78 is 0. The molecule has 0 amide bonds. The molecule has 1 fully saturated rings. The molecule has 1 aromatic carbocycles. The Kier molecular flexibility index (Phi) is 3.09. The van der Waals surface area contributed by atoms with Gasteiger partial charge in [-0.25, -0.2) is 0 Å². The van der Waals surface area contributed by atoms with E-state index < -0.39 is 0 Å². The lowest BCUT2D eigenvalue weighted by atomic mass is 10.1. The molecule has 1 saturated heterocycles. The van der Waals surface area contributed by atoms with Gasteiger partial charge in [0, 0.05) is 30.9 Å². The van der Waals surface area contributed by atoms with Gasteiger partial charge in [0.2, 0.25) is 0 Å². The quantitative estimate of drug-likeness (QED) is 0.558. The fourth-order valence-corrected chi connectivity index (χ4v) is 2.05. The highest BCUT2D eigenvalue weighted by Gasteiger charge is 2.14. The van der Waals surface area contributed by atoms with Gasteiger partial charge in [-0.15, -0.1) is 0 Å². The van der Waals surface area contributed by atoms with Gasteiger partial charge in [0.15, 0.2) is 5.78 Å². The topological polar surface area (TPSA) is 20.3 Å². The van der Waals surface area contributed by atoms with E-state index in [1.165, 1.54) is 0 Å². The van der Waals surface area contributed by atoms with Gasteiger partial charge in [-0.3, -0.25) is 4.79 Å².